The lowest BCUT2D eigenvalue weighted by atomic mass is 10.1. The van der Waals surface area contributed by atoms with E-state index in [2.05, 4.69) is 22.6 Å². The molecule has 0 aromatic carbocycles. The van der Waals surface area contributed by atoms with Crippen LogP contribution in [-0.2, 0) is 4.74 Å². The maximum Gasteiger partial charge on any atom is 0.102 e. The lowest BCUT2D eigenvalue weighted by molar-refractivity contribution is 0.106. The second-order valence-corrected chi connectivity index (χ2v) is 3.94. The molecule has 2 rings (SSSR count). The van der Waals surface area contributed by atoms with Crippen LogP contribution in [0.2, 0.25) is 0 Å². The van der Waals surface area contributed by atoms with Gasteiger partial charge >= 0.3 is 0 Å². The fourth-order valence-corrected chi connectivity index (χ4v) is 2.24. The SMILES string of the molecule is CCNC1COC(c2cscn2)C1. The molecule has 13 heavy (non-hydrogen) atoms. The van der Waals surface area contributed by atoms with Crippen LogP contribution < -0.4 is 5.32 Å². The third-order valence-electron chi connectivity index (χ3n) is 2.27. The van der Waals surface area contributed by atoms with Crippen molar-refractivity contribution in [2.24, 2.45) is 0 Å². The average molecular weight is 198 g/mol. The molecule has 1 aromatic heterocycles. The van der Waals surface area contributed by atoms with E-state index < -0.39 is 0 Å². The van der Waals surface area contributed by atoms with E-state index in [4.69, 9.17) is 4.74 Å². The molecule has 0 amide bonds. The Balaban J connectivity index is 1.91. The smallest absolute Gasteiger partial charge is 0.102 e. The first kappa shape index (κ1) is 9.12. The van der Waals surface area contributed by atoms with E-state index in [1.54, 1.807) is 11.3 Å². The molecular weight excluding hydrogens is 184 g/mol. The summed E-state index contributed by atoms with van der Waals surface area (Å²) in [5.74, 6) is 0. The summed E-state index contributed by atoms with van der Waals surface area (Å²) in [6.07, 6.45) is 1.27. The number of nitrogens with one attached hydrogen (secondary N) is 1. The normalized spacial score (nSPS) is 28.1. The van der Waals surface area contributed by atoms with Crippen LogP contribution in [-0.4, -0.2) is 24.2 Å². The molecular formula is C9H14N2OS. The van der Waals surface area contributed by atoms with Gasteiger partial charge in [-0.3, -0.25) is 0 Å². The van der Waals surface area contributed by atoms with Gasteiger partial charge in [0.15, 0.2) is 0 Å². The van der Waals surface area contributed by atoms with Crippen LogP contribution in [0.25, 0.3) is 0 Å². The molecule has 1 aliphatic heterocycles. The molecule has 2 heterocycles. The summed E-state index contributed by atoms with van der Waals surface area (Å²) in [5, 5.41) is 5.46. The fourth-order valence-electron chi connectivity index (χ4n) is 1.64. The van der Waals surface area contributed by atoms with E-state index in [0.717, 1.165) is 25.3 Å². The van der Waals surface area contributed by atoms with Gasteiger partial charge in [-0.15, -0.1) is 11.3 Å². The number of aromatic nitrogens is 1. The lowest BCUT2D eigenvalue weighted by Gasteiger charge is -2.07. The highest BCUT2D eigenvalue weighted by atomic mass is 32.1. The van der Waals surface area contributed by atoms with Crippen LogP contribution in [0, 0.1) is 0 Å². The molecule has 1 aromatic rings. The molecule has 1 N–H and O–H groups in total. The van der Waals surface area contributed by atoms with E-state index >= 15 is 0 Å². The lowest BCUT2D eigenvalue weighted by Crippen LogP contribution is -2.28. The van der Waals surface area contributed by atoms with E-state index in [-0.39, 0.29) is 6.10 Å². The highest BCUT2D eigenvalue weighted by molar-refractivity contribution is 7.07. The van der Waals surface area contributed by atoms with Crippen molar-refractivity contribution < 1.29 is 4.74 Å². The standard InChI is InChI=1S/C9H14N2OS/c1-2-10-7-3-9(12-4-7)8-5-13-6-11-8/h5-7,9-10H,2-4H2,1H3. The number of hydrogen-bond acceptors (Lipinski definition) is 4. The average Bonchev–Trinajstić information content (AvgIpc) is 2.70. The van der Waals surface area contributed by atoms with Gasteiger partial charge in [0.05, 0.1) is 17.8 Å². The largest absolute Gasteiger partial charge is 0.370 e. The molecule has 0 saturated carbocycles. The van der Waals surface area contributed by atoms with Crippen LogP contribution >= 0.6 is 11.3 Å². The Labute approximate surface area is 82.1 Å². The highest BCUT2D eigenvalue weighted by Crippen LogP contribution is 2.28. The van der Waals surface area contributed by atoms with E-state index in [1.165, 1.54) is 0 Å². The van der Waals surface area contributed by atoms with Gasteiger partial charge in [0.1, 0.15) is 6.10 Å². The number of rotatable bonds is 3. The summed E-state index contributed by atoms with van der Waals surface area (Å²) in [6.45, 7) is 3.95. The summed E-state index contributed by atoms with van der Waals surface area (Å²) < 4.78 is 5.64. The quantitative estimate of drug-likeness (QED) is 0.800. The Morgan fingerprint density at radius 1 is 1.77 bits per heavy atom. The van der Waals surface area contributed by atoms with E-state index in [1.807, 2.05) is 5.51 Å². The third-order valence-corrected chi connectivity index (χ3v) is 2.88. The maximum atomic E-state index is 5.64. The van der Waals surface area contributed by atoms with E-state index in [9.17, 15) is 0 Å². The summed E-state index contributed by atoms with van der Waals surface area (Å²) in [7, 11) is 0. The van der Waals surface area contributed by atoms with Gasteiger partial charge in [-0.1, -0.05) is 6.92 Å². The zero-order chi connectivity index (χ0) is 9.10. The summed E-state index contributed by atoms with van der Waals surface area (Å²) in [6, 6.07) is 0.511. The second kappa shape index (κ2) is 4.17. The molecule has 0 spiro atoms. The molecule has 72 valence electrons. The van der Waals surface area contributed by atoms with Crippen LogP contribution in [0.3, 0.4) is 0 Å². The molecule has 2 atom stereocenters. The zero-order valence-electron chi connectivity index (χ0n) is 7.69. The number of thiazole rings is 1. The van der Waals surface area contributed by atoms with Crippen molar-refractivity contribution in [1.29, 1.82) is 0 Å². The summed E-state index contributed by atoms with van der Waals surface area (Å²) in [5.41, 5.74) is 2.95. The van der Waals surface area contributed by atoms with Crippen molar-refractivity contribution in [1.82, 2.24) is 10.3 Å². The molecule has 0 aliphatic carbocycles. The van der Waals surface area contributed by atoms with Gasteiger partial charge in [-0.2, -0.15) is 0 Å². The first-order valence-electron chi connectivity index (χ1n) is 4.63. The maximum absolute atomic E-state index is 5.64. The van der Waals surface area contributed by atoms with Crippen molar-refractivity contribution in [2.75, 3.05) is 13.2 Å². The number of ether oxygens (including phenoxy) is 1. The van der Waals surface area contributed by atoms with Gasteiger partial charge < -0.3 is 10.1 Å². The van der Waals surface area contributed by atoms with Gasteiger partial charge in [0.2, 0.25) is 0 Å². The summed E-state index contributed by atoms with van der Waals surface area (Å²) >= 11 is 1.63. The van der Waals surface area contributed by atoms with Gasteiger partial charge in [-0.25, -0.2) is 4.98 Å². The van der Waals surface area contributed by atoms with Crippen LogP contribution in [0.5, 0.6) is 0 Å². The fraction of sp³-hybridized carbons (Fsp3) is 0.667. The predicted molar refractivity (Wildman–Crippen MR) is 52.9 cm³/mol. The molecule has 2 unspecified atom stereocenters. The second-order valence-electron chi connectivity index (χ2n) is 3.23. The van der Waals surface area contributed by atoms with Crippen molar-refractivity contribution in [2.45, 2.75) is 25.5 Å². The van der Waals surface area contributed by atoms with Crippen molar-refractivity contribution >= 4 is 11.3 Å². The first-order valence-corrected chi connectivity index (χ1v) is 5.57. The Morgan fingerprint density at radius 2 is 2.69 bits per heavy atom. The molecule has 0 radical (unpaired) electrons. The minimum absolute atomic E-state index is 0.218. The van der Waals surface area contributed by atoms with Crippen LogP contribution in [0.1, 0.15) is 25.1 Å². The van der Waals surface area contributed by atoms with Crippen LogP contribution in [0.4, 0.5) is 0 Å². The number of likely N-dealkylation sites (N-methyl/N-ethyl adjacent to an activating group) is 1. The Bertz CT molecular complexity index is 250. The Morgan fingerprint density at radius 3 is 3.38 bits per heavy atom. The molecule has 1 saturated heterocycles. The number of hydrogen-bond donors (Lipinski definition) is 1. The molecule has 1 aliphatic rings. The van der Waals surface area contributed by atoms with Crippen molar-refractivity contribution in [3.05, 3.63) is 16.6 Å². The predicted octanol–water partition coefficient (Wildman–Crippen LogP) is 1.58. The first-order chi connectivity index (χ1) is 6.40. The van der Waals surface area contributed by atoms with Gasteiger partial charge in [0.25, 0.3) is 0 Å². The molecule has 3 nitrogen and oxygen atoms in total. The minimum atomic E-state index is 0.218. The highest BCUT2D eigenvalue weighted by Gasteiger charge is 2.26. The Kier molecular flexibility index (Phi) is 2.93. The monoisotopic (exact) mass is 198 g/mol. The van der Waals surface area contributed by atoms with E-state index in [0.29, 0.717) is 6.04 Å². The van der Waals surface area contributed by atoms with Crippen molar-refractivity contribution in [3.8, 4) is 0 Å². The Hall–Kier alpha value is -0.450. The topological polar surface area (TPSA) is 34.1 Å². The number of nitrogens with zero attached hydrogens (tertiary/aromatic N) is 1. The minimum Gasteiger partial charge on any atom is -0.370 e. The van der Waals surface area contributed by atoms with Gasteiger partial charge in [-0.05, 0) is 13.0 Å². The molecule has 1 fully saturated rings. The zero-order valence-corrected chi connectivity index (χ0v) is 8.51. The molecule has 4 heteroatoms. The van der Waals surface area contributed by atoms with Gasteiger partial charge in [0, 0.05) is 11.4 Å². The van der Waals surface area contributed by atoms with Crippen molar-refractivity contribution in [3.63, 3.8) is 0 Å². The molecule has 0 bridgehead atoms. The van der Waals surface area contributed by atoms with Crippen LogP contribution in [0.15, 0.2) is 10.9 Å². The third kappa shape index (κ3) is 2.07. The summed E-state index contributed by atoms with van der Waals surface area (Å²) in [4.78, 5) is 4.26.